The third-order valence-electron chi connectivity index (χ3n) is 5.14. The first-order chi connectivity index (χ1) is 10.2. The lowest BCUT2D eigenvalue weighted by Gasteiger charge is -2.35. The number of rotatable bonds is 3. The Bertz CT molecular complexity index is 639. The van der Waals surface area contributed by atoms with Crippen molar-refractivity contribution in [2.24, 2.45) is 0 Å². The number of piperidine rings is 1. The van der Waals surface area contributed by atoms with Gasteiger partial charge >= 0.3 is 0 Å². The molecule has 2 rings (SSSR count). The van der Waals surface area contributed by atoms with Gasteiger partial charge in [-0.15, -0.1) is 12.4 Å². The maximum atomic E-state index is 13.2. The highest BCUT2D eigenvalue weighted by molar-refractivity contribution is 7.89. The first kappa shape index (κ1) is 20.4. The predicted molar refractivity (Wildman–Crippen MR) is 98.1 cm³/mol. The molecule has 1 saturated heterocycles. The number of benzene rings is 1. The highest BCUT2D eigenvalue weighted by Crippen LogP contribution is 2.30. The van der Waals surface area contributed by atoms with Crippen LogP contribution in [0.5, 0.6) is 0 Å². The average molecular weight is 361 g/mol. The molecule has 4 nitrogen and oxygen atoms in total. The van der Waals surface area contributed by atoms with Crippen molar-refractivity contribution in [1.82, 2.24) is 9.21 Å². The van der Waals surface area contributed by atoms with Crippen molar-refractivity contribution >= 4 is 22.4 Å². The van der Waals surface area contributed by atoms with Crippen molar-refractivity contribution in [3.63, 3.8) is 0 Å². The van der Waals surface area contributed by atoms with Crippen LogP contribution in [0.15, 0.2) is 11.0 Å². The molecule has 1 fully saturated rings. The number of sulfonamides is 1. The quantitative estimate of drug-likeness (QED) is 0.831. The van der Waals surface area contributed by atoms with Crippen molar-refractivity contribution in [1.29, 1.82) is 0 Å². The molecule has 0 bridgehead atoms. The van der Waals surface area contributed by atoms with E-state index in [1.807, 2.05) is 27.7 Å². The number of hydrogen-bond donors (Lipinski definition) is 0. The molecule has 0 aromatic heterocycles. The van der Waals surface area contributed by atoms with Crippen LogP contribution in [0, 0.1) is 27.7 Å². The van der Waals surface area contributed by atoms with Gasteiger partial charge in [0.15, 0.2) is 0 Å². The Hall–Kier alpha value is -0.620. The third kappa shape index (κ3) is 3.90. The van der Waals surface area contributed by atoms with E-state index < -0.39 is 10.0 Å². The molecule has 1 aliphatic heterocycles. The van der Waals surface area contributed by atoms with Gasteiger partial charge in [0.05, 0.1) is 4.90 Å². The van der Waals surface area contributed by atoms with Crippen LogP contribution in [-0.2, 0) is 10.0 Å². The monoisotopic (exact) mass is 360 g/mol. The smallest absolute Gasteiger partial charge is 0.243 e. The van der Waals surface area contributed by atoms with Crippen LogP contribution in [0.1, 0.15) is 35.1 Å². The molecule has 0 spiro atoms. The normalized spacial score (nSPS) is 17.3. The standard InChI is InChI=1S/C17H28N2O2S.ClH/c1-12-11-13(2)15(4)17(14(12)3)22(20,21)19(6)16-7-9-18(5)10-8-16;/h11,16H,7-10H2,1-6H3;1H. The molecule has 0 N–H and O–H groups in total. The Labute approximate surface area is 147 Å². The van der Waals surface area contributed by atoms with E-state index >= 15 is 0 Å². The van der Waals surface area contributed by atoms with Gasteiger partial charge in [-0.05, 0) is 82.9 Å². The summed E-state index contributed by atoms with van der Waals surface area (Å²) < 4.78 is 27.9. The fraction of sp³-hybridized carbons (Fsp3) is 0.647. The Kier molecular flexibility index (Phi) is 6.67. The largest absolute Gasteiger partial charge is 0.306 e. The highest BCUT2D eigenvalue weighted by atomic mass is 35.5. The first-order valence-corrected chi connectivity index (χ1v) is 9.34. The Morgan fingerprint density at radius 3 is 1.91 bits per heavy atom. The fourth-order valence-corrected chi connectivity index (χ4v) is 5.25. The average Bonchev–Trinajstić information content (AvgIpc) is 2.45. The summed E-state index contributed by atoms with van der Waals surface area (Å²) in [6, 6.07) is 2.17. The minimum Gasteiger partial charge on any atom is -0.306 e. The van der Waals surface area contributed by atoms with Gasteiger partial charge in [0.2, 0.25) is 10.0 Å². The summed E-state index contributed by atoms with van der Waals surface area (Å²) >= 11 is 0. The van der Waals surface area contributed by atoms with Crippen LogP contribution in [-0.4, -0.2) is 50.8 Å². The van der Waals surface area contributed by atoms with Crippen molar-refractivity contribution < 1.29 is 8.42 Å². The van der Waals surface area contributed by atoms with E-state index in [0.29, 0.717) is 4.90 Å². The van der Waals surface area contributed by atoms with E-state index in [2.05, 4.69) is 18.0 Å². The molecular formula is C17H29ClN2O2S. The summed E-state index contributed by atoms with van der Waals surface area (Å²) in [5.41, 5.74) is 3.84. The molecule has 1 heterocycles. The number of likely N-dealkylation sites (tertiary alicyclic amines) is 1. The van der Waals surface area contributed by atoms with Crippen LogP contribution in [0.3, 0.4) is 0 Å². The van der Waals surface area contributed by atoms with Crippen molar-refractivity contribution in [2.75, 3.05) is 27.2 Å². The van der Waals surface area contributed by atoms with E-state index in [4.69, 9.17) is 0 Å². The van der Waals surface area contributed by atoms with Gasteiger partial charge in [-0.1, -0.05) is 6.07 Å². The second kappa shape index (κ2) is 7.51. The number of aryl methyl sites for hydroxylation is 2. The molecule has 1 aromatic carbocycles. The van der Waals surface area contributed by atoms with E-state index in [-0.39, 0.29) is 18.4 Å². The van der Waals surface area contributed by atoms with Crippen LogP contribution in [0.4, 0.5) is 0 Å². The molecule has 0 saturated carbocycles. The lowest BCUT2D eigenvalue weighted by Crippen LogP contribution is -2.44. The first-order valence-electron chi connectivity index (χ1n) is 7.90. The van der Waals surface area contributed by atoms with E-state index in [1.54, 1.807) is 11.4 Å². The summed E-state index contributed by atoms with van der Waals surface area (Å²) in [7, 11) is 0.377. The second-order valence-corrected chi connectivity index (χ2v) is 8.58. The highest BCUT2D eigenvalue weighted by Gasteiger charge is 2.32. The van der Waals surface area contributed by atoms with Crippen molar-refractivity contribution in [2.45, 2.75) is 51.5 Å². The third-order valence-corrected chi connectivity index (χ3v) is 7.32. The van der Waals surface area contributed by atoms with Gasteiger partial charge < -0.3 is 4.90 Å². The maximum absolute atomic E-state index is 13.2. The number of nitrogens with zero attached hydrogens (tertiary/aromatic N) is 2. The van der Waals surface area contributed by atoms with E-state index in [1.165, 1.54) is 0 Å². The zero-order chi connectivity index (χ0) is 16.7. The van der Waals surface area contributed by atoms with Gasteiger partial charge in [0, 0.05) is 13.1 Å². The maximum Gasteiger partial charge on any atom is 0.243 e. The zero-order valence-electron chi connectivity index (χ0n) is 15.0. The minimum atomic E-state index is -3.45. The molecule has 1 aromatic rings. The Morgan fingerprint density at radius 1 is 1.04 bits per heavy atom. The molecule has 0 aliphatic carbocycles. The number of hydrogen-bond acceptors (Lipinski definition) is 3. The summed E-state index contributed by atoms with van der Waals surface area (Å²) in [4.78, 5) is 2.76. The lowest BCUT2D eigenvalue weighted by molar-refractivity contribution is 0.197. The number of halogens is 1. The molecule has 1 aliphatic rings. The Morgan fingerprint density at radius 2 is 1.48 bits per heavy atom. The van der Waals surface area contributed by atoms with E-state index in [0.717, 1.165) is 48.2 Å². The van der Waals surface area contributed by atoms with Crippen molar-refractivity contribution in [3.05, 3.63) is 28.3 Å². The van der Waals surface area contributed by atoms with Gasteiger partial charge in [0.25, 0.3) is 0 Å². The molecule has 0 unspecified atom stereocenters. The lowest BCUT2D eigenvalue weighted by atomic mass is 10.0. The molecule has 23 heavy (non-hydrogen) atoms. The second-order valence-electron chi connectivity index (χ2n) is 6.65. The minimum absolute atomic E-state index is 0. The molecule has 0 atom stereocenters. The van der Waals surface area contributed by atoms with Crippen LogP contribution in [0.25, 0.3) is 0 Å². The summed E-state index contributed by atoms with van der Waals surface area (Å²) in [6.07, 6.45) is 1.80. The summed E-state index contributed by atoms with van der Waals surface area (Å²) in [5.74, 6) is 0. The van der Waals surface area contributed by atoms with Gasteiger partial charge in [-0.3, -0.25) is 0 Å². The predicted octanol–water partition coefficient (Wildman–Crippen LogP) is 3.06. The molecular weight excluding hydrogens is 332 g/mol. The van der Waals surface area contributed by atoms with E-state index in [9.17, 15) is 8.42 Å². The van der Waals surface area contributed by atoms with Crippen LogP contribution < -0.4 is 0 Å². The van der Waals surface area contributed by atoms with Gasteiger partial charge in [-0.25, -0.2) is 8.42 Å². The van der Waals surface area contributed by atoms with Gasteiger partial charge in [-0.2, -0.15) is 4.31 Å². The zero-order valence-corrected chi connectivity index (χ0v) is 16.6. The molecule has 0 radical (unpaired) electrons. The Balaban J connectivity index is 0.00000264. The topological polar surface area (TPSA) is 40.6 Å². The summed E-state index contributed by atoms with van der Waals surface area (Å²) in [5, 5.41) is 0. The molecule has 132 valence electrons. The van der Waals surface area contributed by atoms with Crippen molar-refractivity contribution in [3.8, 4) is 0 Å². The fourth-order valence-electron chi connectivity index (χ4n) is 3.27. The molecule has 6 heteroatoms. The van der Waals surface area contributed by atoms with Gasteiger partial charge in [0.1, 0.15) is 0 Å². The summed E-state index contributed by atoms with van der Waals surface area (Å²) in [6.45, 7) is 9.70. The van der Waals surface area contributed by atoms with Crippen LogP contribution >= 0.6 is 12.4 Å². The SMILES string of the molecule is Cc1cc(C)c(C)c(S(=O)(=O)N(C)C2CCN(C)CC2)c1C.Cl. The van der Waals surface area contributed by atoms with Crippen LogP contribution in [0.2, 0.25) is 0 Å². The molecule has 0 amide bonds.